The van der Waals surface area contributed by atoms with Gasteiger partial charge >= 0.3 is 12.1 Å². The average Bonchev–Trinajstić information content (AvgIpc) is 2.73. The minimum absolute atomic E-state index is 0.0760. The van der Waals surface area contributed by atoms with Gasteiger partial charge in [0.2, 0.25) is 5.91 Å². The van der Waals surface area contributed by atoms with Crippen molar-refractivity contribution in [2.45, 2.75) is 32.0 Å². The van der Waals surface area contributed by atoms with E-state index in [2.05, 4.69) is 10.6 Å². The van der Waals surface area contributed by atoms with Gasteiger partial charge in [0.05, 0.1) is 7.11 Å². The lowest BCUT2D eigenvalue weighted by molar-refractivity contribution is -0.145. The SMILES string of the molecule is COC(=O)[C@H](Cc1ccc(O)cc1)NC(=O)[C@H](C)NC(=O)OCc1ccccc1. The summed E-state index contributed by atoms with van der Waals surface area (Å²) in [6.07, 6.45) is -0.575. The van der Waals surface area contributed by atoms with Gasteiger partial charge in [-0.2, -0.15) is 0 Å². The number of alkyl carbamates (subject to hydrolysis) is 1. The molecular weight excluding hydrogens is 376 g/mol. The van der Waals surface area contributed by atoms with E-state index in [0.29, 0.717) is 0 Å². The van der Waals surface area contributed by atoms with Crippen molar-refractivity contribution in [3.05, 3.63) is 65.7 Å². The third kappa shape index (κ3) is 7.17. The fourth-order valence-electron chi connectivity index (χ4n) is 2.51. The van der Waals surface area contributed by atoms with Crippen LogP contribution in [-0.2, 0) is 32.1 Å². The Morgan fingerprint density at radius 2 is 1.62 bits per heavy atom. The van der Waals surface area contributed by atoms with Crippen LogP contribution in [0.25, 0.3) is 0 Å². The molecular formula is C21H24N2O6. The second kappa shape index (κ2) is 10.7. The molecule has 0 saturated heterocycles. The van der Waals surface area contributed by atoms with Crippen molar-refractivity contribution in [2.24, 2.45) is 0 Å². The average molecular weight is 400 g/mol. The van der Waals surface area contributed by atoms with Crippen molar-refractivity contribution < 1.29 is 29.0 Å². The molecule has 0 spiro atoms. The van der Waals surface area contributed by atoms with E-state index in [0.717, 1.165) is 11.1 Å². The lowest BCUT2D eigenvalue weighted by atomic mass is 10.1. The Morgan fingerprint density at radius 1 is 0.966 bits per heavy atom. The predicted molar refractivity (Wildman–Crippen MR) is 105 cm³/mol. The zero-order valence-corrected chi connectivity index (χ0v) is 16.3. The van der Waals surface area contributed by atoms with Crippen molar-refractivity contribution in [1.29, 1.82) is 0 Å². The van der Waals surface area contributed by atoms with Crippen LogP contribution in [0.2, 0.25) is 0 Å². The largest absolute Gasteiger partial charge is 0.508 e. The lowest BCUT2D eigenvalue weighted by Crippen LogP contribution is -2.51. The van der Waals surface area contributed by atoms with Gasteiger partial charge < -0.3 is 25.2 Å². The summed E-state index contributed by atoms with van der Waals surface area (Å²) in [4.78, 5) is 36.3. The maximum atomic E-state index is 12.4. The van der Waals surface area contributed by atoms with E-state index >= 15 is 0 Å². The van der Waals surface area contributed by atoms with Gasteiger partial charge in [-0.05, 0) is 30.2 Å². The van der Waals surface area contributed by atoms with Gasteiger partial charge in [-0.25, -0.2) is 9.59 Å². The highest BCUT2D eigenvalue weighted by Gasteiger charge is 2.25. The highest BCUT2D eigenvalue weighted by molar-refractivity contribution is 5.89. The first-order valence-electron chi connectivity index (χ1n) is 9.02. The number of nitrogens with one attached hydrogen (secondary N) is 2. The van der Waals surface area contributed by atoms with Crippen molar-refractivity contribution in [2.75, 3.05) is 7.11 Å². The summed E-state index contributed by atoms with van der Waals surface area (Å²) in [5.41, 5.74) is 1.54. The van der Waals surface area contributed by atoms with Gasteiger partial charge in [0.1, 0.15) is 24.4 Å². The van der Waals surface area contributed by atoms with Gasteiger partial charge in [-0.15, -0.1) is 0 Å². The predicted octanol–water partition coefficient (Wildman–Crippen LogP) is 1.91. The second-order valence-corrected chi connectivity index (χ2v) is 6.38. The van der Waals surface area contributed by atoms with Crippen molar-refractivity contribution in [1.82, 2.24) is 10.6 Å². The quantitative estimate of drug-likeness (QED) is 0.583. The monoisotopic (exact) mass is 400 g/mol. The number of aromatic hydroxyl groups is 1. The van der Waals surface area contributed by atoms with Gasteiger partial charge in [-0.3, -0.25) is 4.79 Å². The molecule has 2 amide bonds. The molecule has 0 aliphatic carbocycles. The first-order chi connectivity index (χ1) is 13.9. The van der Waals surface area contributed by atoms with E-state index in [1.807, 2.05) is 30.3 Å². The zero-order chi connectivity index (χ0) is 21.2. The number of phenolic OH excluding ortho intramolecular Hbond substituents is 1. The highest BCUT2D eigenvalue weighted by Crippen LogP contribution is 2.12. The summed E-state index contributed by atoms with van der Waals surface area (Å²) in [5.74, 6) is -1.08. The van der Waals surface area contributed by atoms with Gasteiger partial charge in [-0.1, -0.05) is 42.5 Å². The number of rotatable bonds is 8. The molecule has 8 nitrogen and oxygen atoms in total. The van der Waals surface area contributed by atoms with Crippen LogP contribution in [0.3, 0.4) is 0 Å². The fourth-order valence-corrected chi connectivity index (χ4v) is 2.51. The summed E-state index contributed by atoms with van der Waals surface area (Å²) in [5, 5.41) is 14.3. The molecule has 2 aromatic carbocycles. The second-order valence-electron chi connectivity index (χ2n) is 6.38. The van der Waals surface area contributed by atoms with Gasteiger partial charge in [0, 0.05) is 6.42 Å². The molecule has 2 rings (SSSR count). The van der Waals surface area contributed by atoms with Gasteiger partial charge in [0.25, 0.3) is 0 Å². The number of hydrogen-bond acceptors (Lipinski definition) is 6. The number of phenols is 1. The van der Waals surface area contributed by atoms with Crippen molar-refractivity contribution >= 4 is 18.0 Å². The number of methoxy groups -OCH3 is 1. The Labute approximate surface area is 168 Å². The van der Waals surface area contributed by atoms with Crippen LogP contribution in [0.15, 0.2) is 54.6 Å². The van der Waals surface area contributed by atoms with Crippen molar-refractivity contribution in [3.63, 3.8) is 0 Å². The summed E-state index contributed by atoms with van der Waals surface area (Å²) in [7, 11) is 1.22. The molecule has 2 aromatic rings. The fraction of sp³-hybridized carbons (Fsp3) is 0.286. The first kappa shape index (κ1) is 21.7. The minimum Gasteiger partial charge on any atom is -0.508 e. The Kier molecular flexibility index (Phi) is 8.02. The highest BCUT2D eigenvalue weighted by atomic mass is 16.5. The molecule has 0 aromatic heterocycles. The van der Waals surface area contributed by atoms with E-state index in [1.165, 1.54) is 26.2 Å². The zero-order valence-electron chi connectivity index (χ0n) is 16.3. The molecule has 2 atom stereocenters. The number of benzene rings is 2. The number of carbonyl (C=O) groups excluding carboxylic acids is 3. The lowest BCUT2D eigenvalue weighted by Gasteiger charge is -2.20. The molecule has 0 bridgehead atoms. The smallest absolute Gasteiger partial charge is 0.408 e. The number of amides is 2. The van der Waals surface area contributed by atoms with E-state index in [-0.39, 0.29) is 18.8 Å². The van der Waals surface area contributed by atoms with Crippen LogP contribution < -0.4 is 10.6 Å². The molecule has 0 fully saturated rings. The Hall–Kier alpha value is -3.55. The molecule has 0 aliphatic rings. The van der Waals surface area contributed by atoms with Gasteiger partial charge in [0.15, 0.2) is 0 Å². The van der Waals surface area contributed by atoms with E-state index in [1.54, 1.807) is 12.1 Å². The number of ether oxygens (including phenoxy) is 2. The standard InChI is InChI=1S/C21H24N2O6/c1-14(22-21(27)29-13-16-6-4-3-5-7-16)19(25)23-18(20(26)28-2)12-15-8-10-17(24)11-9-15/h3-11,14,18,24H,12-13H2,1-2H3,(H,22,27)(H,23,25)/t14-,18-/m0/s1. The van der Waals surface area contributed by atoms with E-state index < -0.39 is 30.1 Å². The molecule has 8 heteroatoms. The summed E-state index contributed by atoms with van der Waals surface area (Å²) in [6.45, 7) is 1.56. The molecule has 0 radical (unpaired) electrons. The number of esters is 1. The molecule has 3 N–H and O–H groups in total. The molecule has 29 heavy (non-hydrogen) atoms. The van der Waals surface area contributed by atoms with Crippen molar-refractivity contribution in [3.8, 4) is 5.75 Å². The Bertz CT molecular complexity index is 823. The normalized spacial score (nSPS) is 12.3. The van der Waals surface area contributed by atoms with Crippen LogP contribution in [0.5, 0.6) is 5.75 Å². The maximum absolute atomic E-state index is 12.4. The Balaban J connectivity index is 1.88. The molecule has 0 unspecified atom stereocenters. The summed E-state index contributed by atoms with van der Waals surface area (Å²) < 4.78 is 9.83. The third-order valence-electron chi connectivity index (χ3n) is 4.12. The van der Waals surface area contributed by atoms with Crippen LogP contribution in [0.1, 0.15) is 18.1 Å². The first-order valence-corrected chi connectivity index (χ1v) is 9.02. The maximum Gasteiger partial charge on any atom is 0.408 e. The molecule has 0 heterocycles. The van der Waals surface area contributed by atoms with E-state index in [4.69, 9.17) is 9.47 Å². The molecule has 154 valence electrons. The number of carbonyl (C=O) groups is 3. The molecule has 0 aliphatic heterocycles. The minimum atomic E-state index is -0.943. The summed E-state index contributed by atoms with van der Waals surface area (Å²) in [6, 6.07) is 13.5. The third-order valence-corrected chi connectivity index (χ3v) is 4.12. The van der Waals surface area contributed by atoms with E-state index in [9.17, 15) is 19.5 Å². The van der Waals surface area contributed by atoms with Crippen LogP contribution in [0.4, 0.5) is 4.79 Å². The Morgan fingerprint density at radius 3 is 2.24 bits per heavy atom. The van der Waals surface area contributed by atoms with Crippen LogP contribution in [0, 0.1) is 0 Å². The number of hydrogen-bond donors (Lipinski definition) is 3. The van der Waals surface area contributed by atoms with Crippen LogP contribution in [-0.4, -0.2) is 42.3 Å². The van der Waals surface area contributed by atoms with Crippen LogP contribution >= 0.6 is 0 Å². The summed E-state index contributed by atoms with van der Waals surface area (Å²) >= 11 is 0. The molecule has 0 saturated carbocycles. The topological polar surface area (TPSA) is 114 Å².